The van der Waals surface area contributed by atoms with Crippen LogP contribution in [-0.4, -0.2) is 40.7 Å². The number of carbonyl (C=O) groups is 1. The molecule has 156 valence electrons. The van der Waals surface area contributed by atoms with Gasteiger partial charge in [-0.3, -0.25) is 4.79 Å². The van der Waals surface area contributed by atoms with Crippen molar-refractivity contribution in [3.05, 3.63) is 12.2 Å². The molecule has 1 fully saturated rings. The molecule has 0 amide bonds. The molecular formula is C22H40O4Si. The third kappa shape index (κ3) is 4.57. The number of Topliss-reactive ketones (excluding diaryl/α,β-unsaturated/α-hetero) is 1. The molecule has 0 aliphatic heterocycles. The van der Waals surface area contributed by atoms with Crippen LogP contribution in [0.3, 0.4) is 0 Å². The van der Waals surface area contributed by atoms with Gasteiger partial charge in [-0.25, -0.2) is 0 Å². The quantitative estimate of drug-likeness (QED) is 0.327. The second-order valence-corrected chi connectivity index (χ2v) is 15.4. The summed E-state index contributed by atoms with van der Waals surface area (Å²) in [5, 5.41) is 0.200. The molecule has 0 aromatic carbocycles. The zero-order valence-electron chi connectivity index (χ0n) is 18.8. The normalized spacial score (nSPS) is 32.4. The van der Waals surface area contributed by atoms with Crippen LogP contribution in [0.1, 0.15) is 48.0 Å². The first-order valence-electron chi connectivity index (χ1n) is 10.3. The van der Waals surface area contributed by atoms with Crippen molar-refractivity contribution in [2.24, 2.45) is 29.1 Å². The van der Waals surface area contributed by atoms with Crippen molar-refractivity contribution < 1.29 is 18.7 Å². The molecule has 5 heteroatoms. The van der Waals surface area contributed by atoms with Crippen LogP contribution < -0.4 is 0 Å². The van der Waals surface area contributed by atoms with E-state index in [0.29, 0.717) is 17.8 Å². The summed E-state index contributed by atoms with van der Waals surface area (Å²) in [5.74, 6) is 1.62. The number of allylic oxidation sites excluding steroid dienone is 1. The zero-order valence-corrected chi connectivity index (χ0v) is 19.8. The monoisotopic (exact) mass is 396 g/mol. The second-order valence-electron chi connectivity index (χ2n) is 10.6. The Labute approximate surface area is 167 Å². The number of ketones is 1. The molecular weight excluding hydrogens is 356 g/mol. The first-order valence-corrected chi connectivity index (χ1v) is 13.2. The summed E-state index contributed by atoms with van der Waals surface area (Å²) >= 11 is 0. The molecule has 0 saturated heterocycles. The lowest BCUT2D eigenvalue weighted by Gasteiger charge is -2.51. The minimum Gasteiger partial charge on any atom is -0.417 e. The van der Waals surface area contributed by atoms with Gasteiger partial charge in [-0.15, -0.1) is 0 Å². The van der Waals surface area contributed by atoms with Crippen LogP contribution in [0.15, 0.2) is 12.2 Å². The molecule has 5 atom stereocenters. The van der Waals surface area contributed by atoms with Crippen molar-refractivity contribution in [2.75, 3.05) is 20.5 Å². The van der Waals surface area contributed by atoms with Gasteiger partial charge < -0.3 is 13.9 Å². The highest BCUT2D eigenvalue weighted by molar-refractivity contribution is 6.74. The molecule has 2 bridgehead atoms. The van der Waals surface area contributed by atoms with Crippen LogP contribution in [0.25, 0.3) is 0 Å². The van der Waals surface area contributed by atoms with Gasteiger partial charge in [-0.05, 0) is 49.2 Å². The molecule has 0 unspecified atom stereocenters. The average Bonchev–Trinajstić information content (AvgIpc) is 2.54. The smallest absolute Gasteiger partial charge is 0.191 e. The first kappa shape index (κ1) is 22.8. The van der Waals surface area contributed by atoms with Crippen molar-refractivity contribution in [1.29, 1.82) is 0 Å². The van der Waals surface area contributed by atoms with Crippen LogP contribution in [0.2, 0.25) is 18.1 Å². The predicted molar refractivity (Wildman–Crippen MR) is 112 cm³/mol. The maximum absolute atomic E-state index is 12.9. The molecule has 3 aliphatic rings. The van der Waals surface area contributed by atoms with Gasteiger partial charge in [0.25, 0.3) is 0 Å². The topological polar surface area (TPSA) is 44.8 Å². The van der Waals surface area contributed by atoms with Crippen LogP contribution in [0, 0.1) is 29.1 Å². The Bertz CT molecular complexity index is 563. The van der Waals surface area contributed by atoms with Crippen LogP contribution in [-0.2, 0) is 18.7 Å². The Hall–Kier alpha value is -0.493. The van der Waals surface area contributed by atoms with E-state index in [1.807, 2.05) is 0 Å². The Morgan fingerprint density at radius 3 is 2.44 bits per heavy atom. The summed E-state index contributed by atoms with van der Waals surface area (Å²) in [4.78, 5) is 12.9. The van der Waals surface area contributed by atoms with E-state index in [1.54, 1.807) is 7.11 Å². The van der Waals surface area contributed by atoms with Gasteiger partial charge in [0.05, 0.1) is 0 Å². The van der Waals surface area contributed by atoms with Gasteiger partial charge >= 0.3 is 0 Å². The number of ether oxygens (including phenoxy) is 2. The SMILES string of the molecule is COCO[C@@H]1C(=O)[C@@]2(C)C=C[C@H]1[C@H]([C@H](CO[Si](C)(C)C(C)(C)C)C(C)C)C2. The number of hydrogen-bond acceptors (Lipinski definition) is 4. The number of methoxy groups -OCH3 is 1. The molecule has 0 aromatic heterocycles. The van der Waals surface area contributed by atoms with Crippen molar-refractivity contribution in [1.82, 2.24) is 0 Å². The van der Waals surface area contributed by atoms with Crippen LogP contribution in [0.5, 0.6) is 0 Å². The van der Waals surface area contributed by atoms with E-state index in [2.05, 4.69) is 66.8 Å². The average molecular weight is 397 g/mol. The minimum atomic E-state index is -1.80. The van der Waals surface area contributed by atoms with E-state index in [-0.39, 0.29) is 23.5 Å². The summed E-state index contributed by atoms with van der Waals surface area (Å²) in [6.07, 6.45) is 4.82. The minimum absolute atomic E-state index is 0.116. The van der Waals surface area contributed by atoms with E-state index in [4.69, 9.17) is 13.9 Å². The third-order valence-corrected chi connectivity index (χ3v) is 11.7. The molecule has 1 saturated carbocycles. The largest absolute Gasteiger partial charge is 0.417 e. The fourth-order valence-electron chi connectivity index (χ4n) is 4.26. The van der Waals surface area contributed by atoms with Crippen LogP contribution >= 0.6 is 0 Å². The van der Waals surface area contributed by atoms with Crippen molar-refractivity contribution in [3.63, 3.8) is 0 Å². The van der Waals surface area contributed by atoms with Gasteiger partial charge in [0.15, 0.2) is 14.1 Å². The maximum atomic E-state index is 12.9. The highest BCUT2D eigenvalue weighted by Crippen LogP contribution is 2.51. The van der Waals surface area contributed by atoms with E-state index < -0.39 is 19.8 Å². The summed E-state index contributed by atoms with van der Waals surface area (Å²) in [6.45, 7) is 19.0. The van der Waals surface area contributed by atoms with Gasteiger partial charge in [0.1, 0.15) is 12.9 Å². The maximum Gasteiger partial charge on any atom is 0.191 e. The number of hydrogen-bond donors (Lipinski definition) is 0. The zero-order chi connectivity index (χ0) is 20.6. The number of fused-ring (bicyclic) bond motifs is 2. The lowest BCUT2D eigenvalue weighted by molar-refractivity contribution is -0.166. The van der Waals surface area contributed by atoms with E-state index in [0.717, 1.165) is 13.0 Å². The summed E-state index contributed by atoms with van der Waals surface area (Å²) < 4.78 is 17.6. The first-order chi connectivity index (χ1) is 12.3. The van der Waals surface area contributed by atoms with E-state index >= 15 is 0 Å². The molecule has 0 aromatic rings. The Balaban J connectivity index is 2.22. The highest BCUT2D eigenvalue weighted by atomic mass is 28.4. The van der Waals surface area contributed by atoms with E-state index in [9.17, 15) is 4.79 Å². The number of carbonyl (C=O) groups excluding carboxylic acids is 1. The Morgan fingerprint density at radius 2 is 1.93 bits per heavy atom. The van der Waals surface area contributed by atoms with Gasteiger partial charge in [0.2, 0.25) is 0 Å². The van der Waals surface area contributed by atoms with Gasteiger partial charge in [-0.1, -0.05) is 46.8 Å². The third-order valence-electron chi connectivity index (χ3n) is 7.23. The fraction of sp³-hybridized carbons (Fsp3) is 0.864. The van der Waals surface area contributed by atoms with Crippen molar-refractivity contribution in [2.45, 2.75) is 72.2 Å². The summed E-state index contributed by atoms with van der Waals surface area (Å²) in [5.41, 5.74) is -0.429. The summed E-state index contributed by atoms with van der Waals surface area (Å²) in [7, 11) is -0.203. The van der Waals surface area contributed by atoms with Crippen LogP contribution in [0.4, 0.5) is 0 Å². The second kappa shape index (κ2) is 8.09. The van der Waals surface area contributed by atoms with Gasteiger partial charge in [0, 0.05) is 25.0 Å². The Morgan fingerprint density at radius 1 is 1.30 bits per heavy atom. The Kier molecular flexibility index (Phi) is 6.83. The molecule has 3 aliphatic carbocycles. The fourth-order valence-corrected chi connectivity index (χ4v) is 5.31. The molecule has 0 heterocycles. The van der Waals surface area contributed by atoms with Crippen molar-refractivity contribution >= 4 is 14.1 Å². The molecule has 0 N–H and O–H groups in total. The highest BCUT2D eigenvalue weighted by Gasteiger charge is 2.54. The van der Waals surface area contributed by atoms with Gasteiger partial charge in [-0.2, -0.15) is 0 Å². The number of rotatable bonds is 8. The molecule has 0 radical (unpaired) electrons. The lowest BCUT2D eigenvalue weighted by atomic mass is 9.55. The van der Waals surface area contributed by atoms with Crippen molar-refractivity contribution in [3.8, 4) is 0 Å². The molecule has 3 rings (SSSR count). The summed E-state index contributed by atoms with van der Waals surface area (Å²) in [6, 6.07) is 0. The lowest BCUT2D eigenvalue weighted by Crippen LogP contribution is -2.56. The molecule has 4 nitrogen and oxygen atoms in total. The predicted octanol–water partition coefficient (Wildman–Crippen LogP) is 5.05. The van der Waals surface area contributed by atoms with E-state index in [1.165, 1.54) is 0 Å². The molecule has 27 heavy (non-hydrogen) atoms. The molecule has 0 spiro atoms. The standard InChI is InChI=1S/C22H40O4Si/c1-15(2)18(13-26-27(8,9)21(3,4)5)17-12-22(6)11-10-16(17)19(20(22)23)25-14-24-7/h10-11,15-19H,12-14H2,1-9H3/t16-,17+,18+,19-,22-/m0/s1.